The first-order valence-corrected chi connectivity index (χ1v) is 10.8. The van der Waals surface area contributed by atoms with Gasteiger partial charge in [-0.3, -0.25) is 10.1 Å². The number of non-ortho nitro benzene ring substituents is 1. The number of aliphatic imine (C=N–C) groups is 1. The van der Waals surface area contributed by atoms with Crippen molar-refractivity contribution in [3.8, 4) is 5.75 Å². The third-order valence-corrected chi connectivity index (χ3v) is 5.35. The Morgan fingerprint density at radius 2 is 1.66 bits per heavy atom. The molecule has 0 spiro atoms. The molecule has 0 aliphatic carbocycles. The van der Waals surface area contributed by atoms with Crippen molar-refractivity contribution < 1.29 is 24.0 Å². The van der Waals surface area contributed by atoms with E-state index in [1.54, 1.807) is 24.3 Å². The number of hydrogen-bond acceptors (Lipinski definition) is 7. The number of rotatable bonds is 5. The smallest absolute Gasteiger partial charge is 0.363 e. The van der Waals surface area contributed by atoms with Gasteiger partial charge in [0.2, 0.25) is 5.90 Å². The summed E-state index contributed by atoms with van der Waals surface area (Å²) in [6, 6.07) is 19.4. The molecule has 4 rings (SSSR count). The van der Waals surface area contributed by atoms with Crippen LogP contribution in [0.4, 0.5) is 5.69 Å². The second-order valence-corrected chi connectivity index (χ2v) is 8.89. The van der Waals surface area contributed by atoms with Crippen molar-refractivity contribution in [1.82, 2.24) is 0 Å². The largest absolute Gasteiger partial charge is 0.422 e. The number of nitro groups is 1. The van der Waals surface area contributed by atoms with Crippen LogP contribution in [0.5, 0.6) is 5.75 Å². The molecule has 0 bridgehead atoms. The summed E-state index contributed by atoms with van der Waals surface area (Å²) in [4.78, 5) is 39.6. The molecule has 3 aromatic rings. The number of esters is 2. The van der Waals surface area contributed by atoms with Crippen molar-refractivity contribution >= 4 is 29.6 Å². The zero-order valence-electron chi connectivity index (χ0n) is 19.3. The maximum Gasteiger partial charge on any atom is 0.363 e. The Morgan fingerprint density at radius 1 is 1.00 bits per heavy atom. The Bertz CT molecular complexity index is 1360. The summed E-state index contributed by atoms with van der Waals surface area (Å²) in [5.41, 5.74) is 2.35. The third kappa shape index (κ3) is 5.33. The van der Waals surface area contributed by atoms with Crippen molar-refractivity contribution in [2.75, 3.05) is 0 Å². The van der Waals surface area contributed by atoms with Crippen LogP contribution in [0, 0.1) is 10.1 Å². The number of para-hydroxylation sites is 1. The number of cyclic esters (lactones) is 1. The number of nitrogens with zero attached hydrogens (tertiary/aromatic N) is 2. The highest BCUT2D eigenvalue weighted by Crippen LogP contribution is 2.27. The summed E-state index contributed by atoms with van der Waals surface area (Å²) in [5, 5.41) is 10.8. The van der Waals surface area contributed by atoms with E-state index < -0.39 is 16.9 Å². The molecular formula is C27H22N2O6. The van der Waals surface area contributed by atoms with Gasteiger partial charge in [-0.1, -0.05) is 51.1 Å². The summed E-state index contributed by atoms with van der Waals surface area (Å²) in [7, 11) is 0. The number of ether oxygens (including phenoxy) is 2. The molecule has 0 atom stereocenters. The van der Waals surface area contributed by atoms with E-state index in [4.69, 9.17) is 9.47 Å². The van der Waals surface area contributed by atoms with Gasteiger partial charge in [-0.25, -0.2) is 14.6 Å². The predicted molar refractivity (Wildman–Crippen MR) is 130 cm³/mol. The fourth-order valence-electron chi connectivity index (χ4n) is 3.36. The molecule has 0 saturated heterocycles. The topological polar surface area (TPSA) is 108 Å². The summed E-state index contributed by atoms with van der Waals surface area (Å²) < 4.78 is 10.8. The van der Waals surface area contributed by atoms with Crippen molar-refractivity contribution in [1.29, 1.82) is 0 Å². The molecule has 0 fully saturated rings. The van der Waals surface area contributed by atoms with E-state index in [1.807, 2.05) is 24.3 Å². The highest BCUT2D eigenvalue weighted by molar-refractivity contribution is 6.13. The number of benzene rings is 3. The summed E-state index contributed by atoms with van der Waals surface area (Å²) in [5.74, 6) is -0.907. The average molecular weight is 470 g/mol. The van der Waals surface area contributed by atoms with Gasteiger partial charge in [0.1, 0.15) is 5.75 Å². The lowest BCUT2D eigenvalue weighted by molar-refractivity contribution is -0.384. The first-order valence-electron chi connectivity index (χ1n) is 10.8. The summed E-state index contributed by atoms with van der Waals surface area (Å²) in [6.07, 6.45) is 1.48. The molecule has 0 radical (unpaired) electrons. The second kappa shape index (κ2) is 9.34. The van der Waals surface area contributed by atoms with Crippen LogP contribution in [0.3, 0.4) is 0 Å². The first-order chi connectivity index (χ1) is 16.6. The normalized spacial score (nSPS) is 14.4. The minimum atomic E-state index is -0.692. The quantitative estimate of drug-likeness (QED) is 0.161. The Hall–Kier alpha value is -4.59. The van der Waals surface area contributed by atoms with E-state index in [0.717, 1.165) is 5.56 Å². The fourth-order valence-corrected chi connectivity index (χ4v) is 3.36. The Morgan fingerprint density at radius 3 is 2.29 bits per heavy atom. The van der Waals surface area contributed by atoms with Gasteiger partial charge in [0, 0.05) is 23.3 Å². The summed E-state index contributed by atoms with van der Waals surface area (Å²) in [6.45, 7) is 6.34. The van der Waals surface area contributed by atoms with E-state index in [-0.39, 0.29) is 34.0 Å². The van der Waals surface area contributed by atoms with Gasteiger partial charge in [-0.05, 0) is 47.4 Å². The maximum atomic E-state index is 12.6. The second-order valence-electron chi connectivity index (χ2n) is 8.89. The molecule has 0 saturated carbocycles. The Balaban J connectivity index is 1.57. The fraction of sp³-hybridized carbons (Fsp3) is 0.148. The number of nitro benzene ring substituents is 1. The minimum absolute atomic E-state index is 0.00658. The number of carbonyl (C=O) groups is 2. The highest BCUT2D eigenvalue weighted by atomic mass is 16.6. The molecule has 8 nitrogen and oxygen atoms in total. The van der Waals surface area contributed by atoms with E-state index in [0.29, 0.717) is 11.1 Å². The molecule has 8 heteroatoms. The lowest BCUT2D eigenvalue weighted by Crippen LogP contribution is -2.11. The van der Waals surface area contributed by atoms with Crippen LogP contribution < -0.4 is 4.74 Å². The standard InChI is InChI=1S/C27H22N2O6/c1-27(2,3)20-12-8-17(9-13-20)24-28-22(26(31)35-24)16-19-6-4-5-7-23(19)34-25(30)18-10-14-21(15-11-18)29(32)33/h4-16H,1-3H3/b22-16+. The van der Waals surface area contributed by atoms with E-state index in [1.165, 1.54) is 30.3 Å². The Labute approximate surface area is 201 Å². The third-order valence-electron chi connectivity index (χ3n) is 5.35. The van der Waals surface area contributed by atoms with Gasteiger partial charge in [-0.15, -0.1) is 0 Å². The van der Waals surface area contributed by atoms with Gasteiger partial charge in [0.25, 0.3) is 5.69 Å². The molecule has 0 N–H and O–H groups in total. The van der Waals surface area contributed by atoms with Gasteiger partial charge in [-0.2, -0.15) is 0 Å². The highest BCUT2D eigenvalue weighted by Gasteiger charge is 2.25. The molecule has 35 heavy (non-hydrogen) atoms. The summed E-state index contributed by atoms with van der Waals surface area (Å²) >= 11 is 0. The molecule has 0 unspecified atom stereocenters. The van der Waals surface area contributed by atoms with Crippen LogP contribution in [0.2, 0.25) is 0 Å². The van der Waals surface area contributed by atoms with E-state index in [9.17, 15) is 19.7 Å². The molecule has 3 aromatic carbocycles. The lowest BCUT2D eigenvalue weighted by atomic mass is 9.87. The average Bonchev–Trinajstić information content (AvgIpc) is 3.20. The minimum Gasteiger partial charge on any atom is -0.422 e. The van der Waals surface area contributed by atoms with Gasteiger partial charge in [0.05, 0.1) is 10.5 Å². The van der Waals surface area contributed by atoms with Crippen LogP contribution >= 0.6 is 0 Å². The number of carbonyl (C=O) groups excluding carboxylic acids is 2. The van der Waals surface area contributed by atoms with Crippen LogP contribution in [0.1, 0.15) is 47.8 Å². The molecule has 1 heterocycles. The number of hydrogen-bond donors (Lipinski definition) is 0. The van der Waals surface area contributed by atoms with Crippen LogP contribution in [-0.4, -0.2) is 22.8 Å². The van der Waals surface area contributed by atoms with Crippen LogP contribution in [0.25, 0.3) is 6.08 Å². The van der Waals surface area contributed by atoms with Crippen molar-refractivity contribution in [2.45, 2.75) is 26.2 Å². The van der Waals surface area contributed by atoms with Gasteiger partial charge < -0.3 is 9.47 Å². The molecule has 1 aliphatic rings. The molecule has 1 aliphatic heterocycles. The van der Waals surface area contributed by atoms with E-state index in [2.05, 4.69) is 25.8 Å². The van der Waals surface area contributed by atoms with Gasteiger partial charge in [0.15, 0.2) is 5.70 Å². The van der Waals surface area contributed by atoms with Crippen molar-refractivity contribution in [2.24, 2.45) is 4.99 Å². The van der Waals surface area contributed by atoms with Gasteiger partial charge >= 0.3 is 11.9 Å². The zero-order chi connectivity index (χ0) is 25.2. The maximum absolute atomic E-state index is 12.6. The molecule has 176 valence electrons. The van der Waals surface area contributed by atoms with Crippen LogP contribution in [0.15, 0.2) is 83.5 Å². The monoisotopic (exact) mass is 470 g/mol. The first kappa shape index (κ1) is 23.6. The SMILES string of the molecule is CC(C)(C)c1ccc(C2=N/C(=C/c3ccccc3OC(=O)c3ccc([N+](=O)[O-])cc3)C(=O)O2)cc1. The Kier molecular flexibility index (Phi) is 6.29. The molecule has 0 amide bonds. The van der Waals surface area contributed by atoms with Crippen molar-refractivity contribution in [3.63, 3.8) is 0 Å². The molecule has 0 aromatic heterocycles. The molecular weight excluding hydrogens is 448 g/mol. The van der Waals surface area contributed by atoms with E-state index >= 15 is 0 Å². The lowest BCUT2D eigenvalue weighted by Gasteiger charge is -2.18. The van der Waals surface area contributed by atoms with Crippen molar-refractivity contribution in [3.05, 3.63) is 111 Å². The van der Waals surface area contributed by atoms with Crippen LogP contribution in [-0.2, 0) is 14.9 Å². The predicted octanol–water partition coefficient (Wildman–Crippen LogP) is 5.46. The zero-order valence-corrected chi connectivity index (χ0v) is 19.3.